The van der Waals surface area contributed by atoms with E-state index in [4.69, 9.17) is 0 Å². The van der Waals surface area contributed by atoms with E-state index in [9.17, 15) is 5.11 Å². The molecule has 4 heteroatoms. The highest BCUT2D eigenvalue weighted by Crippen LogP contribution is 2.28. The van der Waals surface area contributed by atoms with Crippen molar-refractivity contribution in [3.63, 3.8) is 0 Å². The van der Waals surface area contributed by atoms with Crippen LogP contribution in [0.3, 0.4) is 0 Å². The van der Waals surface area contributed by atoms with Crippen molar-refractivity contribution in [1.29, 1.82) is 0 Å². The van der Waals surface area contributed by atoms with Gasteiger partial charge in [-0.25, -0.2) is 4.98 Å². The lowest BCUT2D eigenvalue weighted by Gasteiger charge is -2.23. The highest BCUT2D eigenvalue weighted by atomic mass is 16.3. The first-order valence-corrected chi connectivity index (χ1v) is 9.98. The summed E-state index contributed by atoms with van der Waals surface area (Å²) in [4.78, 5) is 12.4. The average Bonchev–Trinajstić information content (AvgIpc) is 3.11. The fraction of sp³-hybridized carbons (Fsp3) is 0.417. The van der Waals surface area contributed by atoms with Crippen LogP contribution in [0.4, 0.5) is 0 Å². The molecule has 2 aromatic heterocycles. The molecule has 0 saturated heterocycles. The molecular weight excluding hydrogens is 346 g/mol. The summed E-state index contributed by atoms with van der Waals surface area (Å²) in [5.74, 6) is 0.624. The second kappa shape index (κ2) is 7.88. The third kappa shape index (κ3) is 4.87. The van der Waals surface area contributed by atoms with Gasteiger partial charge in [0.25, 0.3) is 0 Å². The number of imidazole rings is 1. The summed E-state index contributed by atoms with van der Waals surface area (Å²) in [5, 5.41) is 11.0. The number of aryl methyl sites for hydroxylation is 1. The molecule has 0 amide bonds. The Kier molecular flexibility index (Phi) is 5.71. The Morgan fingerprint density at radius 1 is 1.00 bits per heavy atom. The quantitative estimate of drug-likeness (QED) is 0.594. The molecular formula is C24H31N3O. The number of benzene rings is 1. The van der Waals surface area contributed by atoms with E-state index in [-0.39, 0.29) is 5.41 Å². The van der Waals surface area contributed by atoms with Crippen LogP contribution >= 0.6 is 0 Å². The summed E-state index contributed by atoms with van der Waals surface area (Å²) in [6.07, 6.45) is 4.37. The van der Waals surface area contributed by atoms with Crippen LogP contribution in [0.2, 0.25) is 0 Å². The Bertz CT molecular complexity index is 923. The lowest BCUT2D eigenvalue weighted by Crippen LogP contribution is -2.26. The van der Waals surface area contributed by atoms with E-state index < -0.39 is 5.60 Å². The van der Waals surface area contributed by atoms with E-state index in [0.717, 1.165) is 41.1 Å². The molecule has 0 bridgehead atoms. The maximum Gasteiger partial charge on any atom is 0.138 e. The molecule has 0 saturated carbocycles. The smallest absolute Gasteiger partial charge is 0.138 e. The van der Waals surface area contributed by atoms with Gasteiger partial charge in [0, 0.05) is 29.6 Å². The summed E-state index contributed by atoms with van der Waals surface area (Å²) in [5.41, 5.74) is 4.36. The molecule has 148 valence electrons. The number of aromatic nitrogens is 3. The molecule has 4 nitrogen and oxygen atoms in total. The Labute approximate surface area is 168 Å². The Morgan fingerprint density at radius 2 is 1.71 bits per heavy atom. The minimum atomic E-state index is -1.04. The molecule has 1 unspecified atom stereocenters. The zero-order valence-corrected chi connectivity index (χ0v) is 17.6. The highest BCUT2D eigenvalue weighted by Gasteiger charge is 2.28. The van der Waals surface area contributed by atoms with Crippen LogP contribution < -0.4 is 0 Å². The monoisotopic (exact) mass is 377 g/mol. The molecule has 3 aromatic rings. The number of hydrogen-bond donors (Lipinski definition) is 2. The van der Waals surface area contributed by atoms with Crippen molar-refractivity contribution in [2.45, 2.75) is 59.5 Å². The minimum absolute atomic E-state index is 0.218. The normalized spacial score (nSPS) is 14.1. The molecule has 3 rings (SSSR count). The summed E-state index contributed by atoms with van der Waals surface area (Å²) in [6.45, 7) is 10.5. The molecule has 0 aliphatic heterocycles. The number of aromatic amines is 1. The summed E-state index contributed by atoms with van der Waals surface area (Å²) in [6, 6.07) is 14.3. The van der Waals surface area contributed by atoms with Crippen molar-refractivity contribution >= 4 is 0 Å². The summed E-state index contributed by atoms with van der Waals surface area (Å²) >= 11 is 0. The van der Waals surface area contributed by atoms with Crippen molar-refractivity contribution in [1.82, 2.24) is 15.0 Å². The standard InChI is InChI=1S/C24H31N3O/c1-6-23(3,4)15-20-16-25-22(27-20)24(5,28)14-18-10-12-19(13-11-18)21-9-7-8-17(2)26-21/h7-13,16,28H,6,14-15H2,1-5H3,(H,25,27). The number of aliphatic hydroxyl groups is 1. The van der Waals surface area contributed by atoms with Crippen molar-refractivity contribution in [2.24, 2.45) is 5.41 Å². The Hall–Kier alpha value is -2.46. The summed E-state index contributed by atoms with van der Waals surface area (Å²) < 4.78 is 0. The van der Waals surface area contributed by atoms with Crippen LogP contribution in [0.1, 0.15) is 56.9 Å². The maximum atomic E-state index is 11.0. The van der Waals surface area contributed by atoms with E-state index >= 15 is 0 Å². The first-order chi connectivity index (χ1) is 13.2. The van der Waals surface area contributed by atoms with Gasteiger partial charge in [0.15, 0.2) is 0 Å². The molecule has 1 aromatic carbocycles. The van der Waals surface area contributed by atoms with Gasteiger partial charge in [-0.15, -0.1) is 0 Å². The zero-order valence-electron chi connectivity index (χ0n) is 17.6. The van der Waals surface area contributed by atoms with Gasteiger partial charge in [-0.1, -0.05) is 57.5 Å². The second-order valence-electron chi connectivity index (χ2n) is 8.76. The molecule has 1 atom stereocenters. The third-order valence-electron chi connectivity index (χ3n) is 5.45. The Balaban J connectivity index is 1.73. The Morgan fingerprint density at radius 3 is 2.36 bits per heavy atom. The van der Waals surface area contributed by atoms with Gasteiger partial charge in [-0.05, 0) is 43.4 Å². The van der Waals surface area contributed by atoms with Crippen LogP contribution in [-0.2, 0) is 18.4 Å². The van der Waals surface area contributed by atoms with Crippen molar-refractivity contribution in [3.8, 4) is 11.3 Å². The van der Waals surface area contributed by atoms with Crippen molar-refractivity contribution in [2.75, 3.05) is 0 Å². The molecule has 2 heterocycles. The van der Waals surface area contributed by atoms with Crippen LogP contribution in [0.25, 0.3) is 11.3 Å². The van der Waals surface area contributed by atoms with Gasteiger partial charge in [0.2, 0.25) is 0 Å². The van der Waals surface area contributed by atoms with Crippen LogP contribution in [0.15, 0.2) is 48.7 Å². The molecule has 0 aliphatic carbocycles. The largest absolute Gasteiger partial charge is 0.382 e. The maximum absolute atomic E-state index is 11.0. The SMILES string of the molecule is CCC(C)(C)Cc1cnc(C(C)(O)Cc2ccc(-c3cccc(C)n3)cc2)[nH]1. The predicted octanol–water partition coefficient (Wildman–Crippen LogP) is 5.21. The fourth-order valence-electron chi connectivity index (χ4n) is 3.34. The lowest BCUT2D eigenvalue weighted by molar-refractivity contribution is 0.0488. The lowest BCUT2D eigenvalue weighted by atomic mass is 9.85. The van der Waals surface area contributed by atoms with E-state index in [0.29, 0.717) is 12.2 Å². The predicted molar refractivity (Wildman–Crippen MR) is 114 cm³/mol. The first kappa shape index (κ1) is 20.3. The van der Waals surface area contributed by atoms with E-state index in [1.54, 1.807) is 0 Å². The van der Waals surface area contributed by atoms with Gasteiger partial charge < -0.3 is 10.1 Å². The van der Waals surface area contributed by atoms with Gasteiger partial charge in [0.1, 0.15) is 11.4 Å². The molecule has 2 N–H and O–H groups in total. The van der Waals surface area contributed by atoms with Crippen LogP contribution in [-0.4, -0.2) is 20.1 Å². The molecule has 28 heavy (non-hydrogen) atoms. The topological polar surface area (TPSA) is 61.8 Å². The van der Waals surface area contributed by atoms with Crippen LogP contribution in [0.5, 0.6) is 0 Å². The average molecular weight is 378 g/mol. The first-order valence-electron chi connectivity index (χ1n) is 9.98. The third-order valence-corrected chi connectivity index (χ3v) is 5.45. The van der Waals surface area contributed by atoms with Gasteiger partial charge >= 0.3 is 0 Å². The van der Waals surface area contributed by atoms with Gasteiger partial charge in [-0.2, -0.15) is 0 Å². The van der Waals surface area contributed by atoms with E-state index in [1.807, 2.05) is 38.2 Å². The minimum Gasteiger partial charge on any atom is -0.382 e. The van der Waals surface area contributed by atoms with Crippen molar-refractivity contribution < 1.29 is 5.11 Å². The summed E-state index contributed by atoms with van der Waals surface area (Å²) in [7, 11) is 0. The number of rotatable bonds is 7. The fourth-order valence-corrected chi connectivity index (χ4v) is 3.34. The number of nitrogens with zero attached hydrogens (tertiary/aromatic N) is 2. The second-order valence-corrected chi connectivity index (χ2v) is 8.76. The number of nitrogens with one attached hydrogen (secondary N) is 1. The molecule has 0 aliphatic rings. The molecule has 0 fully saturated rings. The molecule has 0 spiro atoms. The van der Waals surface area contributed by atoms with Crippen molar-refractivity contribution in [3.05, 3.63) is 71.4 Å². The highest BCUT2D eigenvalue weighted by molar-refractivity contribution is 5.59. The molecule has 0 radical (unpaired) electrons. The van der Waals surface area contributed by atoms with E-state index in [1.165, 1.54) is 0 Å². The van der Waals surface area contributed by atoms with Crippen LogP contribution in [0, 0.1) is 12.3 Å². The van der Waals surface area contributed by atoms with Gasteiger partial charge in [0.05, 0.1) is 5.69 Å². The van der Waals surface area contributed by atoms with E-state index in [2.05, 4.69) is 60.0 Å². The number of hydrogen-bond acceptors (Lipinski definition) is 3. The number of pyridine rings is 1. The number of H-pyrrole nitrogens is 1. The van der Waals surface area contributed by atoms with Gasteiger partial charge in [-0.3, -0.25) is 4.98 Å². The zero-order chi connectivity index (χ0) is 20.4.